The van der Waals surface area contributed by atoms with E-state index in [0.717, 1.165) is 31.7 Å². The molecule has 1 aromatic rings. The van der Waals surface area contributed by atoms with Crippen LogP contribution in [0.4, 0.5) is 0 Å². The van der Waals surface area contributed by atoms with Gasteiger partial charge in [0.05, 0.1) is 0 Å². The maximum Gasteiger partial charge on any atom is 0.263 e. The molecule has 1 unspecified atom stereocenters. The van der Waals surface area contributed by atoms with Crippen LogP contribution < -0.4 is 4.74 Å². The summed E-state index contributed by atoms with van der Waals surface area (Å²) in [5, 5.41) is 0. The maximum absolute atomic E-state index is 12.1. The zero-order valence-corrected chi connectivity index (χ0v) is 10.3. The highest BCUT2D eigenvalue weighted by Crippen LogP contribution is 2.14. The number of carbonyl (C=O) groups excluding carboxylic acids is 1. The lowest BCUT2D eigenvalue weighted by molar-refractivity contribution is -0.138. The Balaban J connectivity index is 1.90. The molecule has 1 saturated heterocycles. The average molecular weight is 233 g/mol. The number of hydrogen-bond donors (Lipinski definition) is 0. The first-order valence-electron chi connectivity index (χ1n) is 6.28. The normalized spacial score (nSPS) is 17.6. The van der Waals surface area contributed by atoms with E-state index in [1.807, 2.05) is 42.2 Å². The second-order valence-corrected chi connectivity index (χ2v) is 4.46. The van der Waals surface area contributed by atoms with E-state index in [4.69, 9.17) is 4.74 Å². The predicted molar refractivity (Wildman–Crippen MR) is 67.0 cm³/mol. The molecule has 0 aliphatic carbocycles. The van der Waals surface area contributed by atoms with Gasteiger partial charge in [-0.15, -0.1) is 0 Å². The highest BCUT2D eigenvalue weighted by Gasteiger charge is 2.23. The molecule has 1 aliphatic rings. The Kier molecular flexibility index (Phi) is 4.02. The van der Waals surface area contributed by atoms with Gasteiger partial charge < -0.3 is 9.64 Å². The van der Waals surface area contributed by atoms with Gasteiger partial charge in [-0.2, -0.15) is 0 Å². The molecule has 0 radical (unpaired) electrons. The third-order valence-corrected chi connectivity index (χ3v) is 3.07. The number of nitrogens with zero attached hydrogens (tertiary/aromatic N) is 1. The molecular weight excluding hydrogens is 214 g/mol. The fraction of sp³-hybridized carbons (Fsp3) is 0.500. The van der Waals surface area contributed by atoms with Gasteiger partial charge in [0.15, 0.2) is 6.10 Å². The highest BCUT2D eigenvalue weighted by molar-refractivity contribution is 5.81. The predicted octanol–water partition coefficient (Wildman–Crippen LogP) is 2.47. The number of rotatable bonds is 3. The van der Waals surface area contributed by atoms with Crippen LogP contribution in [0.3, 0.4) is 0 Å². The number of amides is 1. The summed E-state index contributed by atoms with van der Waals surface area (Å²) < 4.78 is 5.64. The third kappa shape index (κ3) is 3.22. The molecule has 3 nitrogen and oxygen atoms in total. The van der Waals surface area contributed by atoms with Crippen LogP contribution in [0.15, 0.2) is 30.3 Å². The van der Waals surface area contributed by atoms with Crippen molar-refractivity contribution in [2.45, 2.75) is 32.3 Å². The number of piperidine rings is 1. The number of hydrogen-bond acceptors (Lipinski definition) is 2. The molecule has 0 saturated carbocycles. The number of para-hydroxylation sites is 1. The molecule has 1 amide bonds. The topological polar surface area (TPSA) is 29.5 Å². The molecule has 0 aromatic heterocycles. The molecule has 0 N–H and O–H groups in total. The molecule has 1 aliphatic heterocycles. The van der Waals surface area contributed by atoms with Crippen LogP contribution in [0.5, 0.6) is 5.75 Å². The van der Waals surface area contributed by atoms with Crippen molar-refractivity contribution >= 4 is 5.91 Å². The summed E-state index contributed by atoms with van der Waals surface area (Å²) >= 11 is 0. The van der Waals surface area contributed by atoms with Crippen molar-refractivity contribution in [3.8, 4) is 5.75 Å². The van der Waals surface area contributed by atoms with E-state index >= 15 is 0 Å². The highest BCUT2D eigenvalue weighted by atomic mass is 16.5. The average Bonchev–Trinajstić information content (AvgIpc) is 2.40. The third-order valence-electron chi connectivity index (χ3n) is 3.07. The van der Waals surface area contributed by atoms with Crippen molar-refractivity contribution in [1.82, 2.24) is 4.90 Å². The fourth-order valence-electron chi connectivity index (χ4n) is 2.12. The summed E-state index contributed by atoms with van der Waals surface area (Å²) in [5.74, 6) is 0.860. The van der Waals surface area contributed by atoms with Crippen molar-refractivity contribution in [3.05, 3.63) is 30.3 Å². The van der Waals surface area contributed by atoms with Crippen LogP contribution in [-0.4, -0.2) is 30.0 Å². The van der Waals surface area contributed by atoms with E-state index in [9.17, 15) is 4.79 Å². The summed E-state index contributed by atoms with van der Waals surface area (Å²) in [7, 11) is 0. The molecule has 17 heavy (non-hydrogen) atoms. The molecule has 92 valence electrons. The molecule has 1 aromatic carbocycles. The first-order valence-corrected chi connectivity index (χ1v) is 6.28. The van der Waals surface area contributed by atoms with Gasteiger partial charge in [0.2, 0.25) is 0 Å². The first-order chi connectivity index (χ1) is 8.27. The summed E-state index contributed by atoms with van der Waals surface area (Å²) in [6.45, 7) is 3.58. The molecule has 0 spiro atoms. The van der Waals surface area contributed by atoms with E-state index in [2.05, 4.69) is 0 Å². The SMILES string of the molecule is CC(Oc1ccccc1)C(=O)N1CCCCC1. The van der Waals surface area contributed by atoms with Gasteiger partial charge in [-0.25, -0.2) is 0 Å². The zero-order chi connectivity index (χ0) is 12.1. The van der Waals surface area contributed by atoms with Gasteiger partial charge >= 0.3 is 0 Å². The van der Waals surface area contributed by atoms with Crippen LogP contribution in [0.2, 0.25) is 0 Å². The maximum atomic E-state index is 12.1. The lowest BCUT2D eigenvalue weighted by Gasteiger charge is -2.29. The van der Waals surface area contributed by atoms with Gasteiger partial charge in [0, 0.05) is 13.1 Å². The number of ether oxygens (including phenoxy) is 1. The van der Waals surface area contributed by atoms with Gasteiger partial charge in [-0.05, 0) is 38.3 Å². The molecule has 0 bridgehead atoms. The first kappa shape index (κ1) is 12.0. The Morgan fingerprint density at radius 2 is 1.82 bits per heavy atom. The van der Waals surface area contributed by atoms with Crippen LogP contribution in [0.1, 0.15) is 26.2 Å². The van der Waals surface area contributed by atoms with Crippen LogP contribution >= 0.6 is 0 Å². The minimum atomic E-state index is -0.393. The Labute approximate surface area is 102 Å². The van der Waals surface area contributed by atoms with E-state index in [-0.39, 0.29) is 5.91 Å². The number of likely N-dealkylation sites (tertiary alicyclic amines) is 1. The number of benzene rings is 1. The zero-order valence-electron chi connectivity index (χ0n) is 10.3. The van der Waals surface area contributed by atoms with E-state index in [1.165, 1.54) is 6.42 Å². The quantitative estimate of drug-likeness (QED) is 0.802. The largest absolute Gasteiger partial charge is 0.481 e. The summed E-state index contributed by atoms with van der Waals surface area (Å²) in [6.07, 6.45) is 3.07. The summed E-state index contributed by atoms with van der Waals surface area (Å²) in [4.78, 5) is 14.0. The standard InChI is InChI=1S/C14H19NO2/c1-12(17-13-8-4-2-5-9-13)14(16)15-10-6-3-7-11-15/h2,4-5,8-9,12H,3,6-7,10-11H2,1H3. The Morgan fingerprint density at radius 1 is 1.18 bits per heavy atom. The van der Waals surface area contributed by atoms with Crippen LogP contribution in [-0.2, 0) is 4.79 Å². The van der Waals surface area contributed by atoms with E-state index in [1.54, 1.807) is 0 Å². The minimum absolute atomic E-state index is 0.105. The smallest absolute Gasteiger partial charge is 0.263 e. The molecule has 3 heteroatoms. The Morgan fingerprint density at radius 3 is 2.47 bits per heavy atom. The molecule has 1 atom stereocenters. The van der Waals surface area contributed by atoms with Gasteiger partial charge in [-0.1, -0.05) is 18.2 Å². The van der Waals surface area contributed by atoms with Crippen molar-refractivity contribution in [3.63, 3.8) is 0 Å². The van der Waals surface area contributed by atoms with Gasteiger partial charge in [-0.3, -0.25) is 4.79 Å². The monoisotopic (exact) mass is 233 g/mol. The lowest BCUT2D eigenvalue weighted by atomic mass is 10.1. The van der Waals surface area contributed by atoms with Crippen molar-refractivity contribution in [2.75, 3.05) is 13.1 Å². The Hall–Kier alpha value is -1.51. The second kappa shape index (κ2) is 5.71. The van der Waals surface area contributed by atoms with Gasteiger partial charge in [0.1, 0.15) is 5.75 Å². The van der Waals surface area contributed by atoms with E-state index in [0.29, 0.717) is 0 Å². The molecule has 2 rings (SSSR count). The summed E-state index contributed by atoms with van der Waals surface area (Å²) in [6, 6.07) is 9.50. The Bertz CT molecular complexity index is 358. The van der Waals surface area contributed by atoms with Crippen LogP contribution in [0.25, 0.3) is 0 Å². The van der Waals surface area contributed by atoms with Crippen molar-refractivity contribution in [2.24, 2.45) is 0 Å². The molecule has 1 fully saturated rings. The van der Waals surface area contributed by atoms with Crippen molar-refractivity contribution < 1.29 is 9.53 Å². The molecular formula is C14H19NO2. The summed E-state index contributed by atoms with van der Waals surface area (Å²) in [5.41, 5.74) is 0. The van der Waals surface area contributed by atoms with Gasteiger partial charge in [0.25, 0.3) is 5.91 Å². The molecule has 1 heterocycles. The van der Waals surface area contributed by atoms with Crippen molar-refractivity contribution in [1.29, 1.82) is 0 Å². The minimum Gasteiger partial charge on any atom is -0.481 e. The lowest BCUT2D eigenvalue weighted by Crippen LogP contribution is -2.43. The number of carbonyl (C=O) groups is 1. The second-order valence-electron chi connectivity index (χ2n) is 4.46. The van der Waals surface area contributed by atoms with E-state index < -0.39 is 6.10 Å². The fourth-order valence-corrected chi connectivity index (χ4v) is 2.12. The van der Waals surface area contributed by atoms with Crippen LogP contribution in [0, 0.1) is 0 Å².